The summed E-state index contributed by atoms with van der Waals surface area (Å²) in [7, 11) is 1.15. The van der Waals surface area contributed by atoms with E-state index in [1.165, 1.54) is 6.20 Å². The van der Waals surface area contributed by atoms with Gasteiger partial charge in [0.1, 0.15) is 12.6 Å². The lowest BCUT2D eigenvalue weighted by Crippen LogP contribution is -2.43. The number of nitrogens with one attached hydrogen (secondary N) is 1. The standard InChI is InChI=1S/C19H22N4O8/c1-30-18(28)14(20-19(29)31-11-12-5-3-2-4-6-12)9-13-10-23(22-21-13)15(17(26)27)7-8-16(24)25/h2-6,10,14-15H,7-9,11H2,1H3,(H,20,29)(H,24,25)(H,26,27). The number of carboxylic acid groups (broad SMARTS) is 2. The van der Waals surface area contributed by atoms with Crippen LogP contribution in [0.5, 0.6) is 0 Å². The van der Waals surface area contributed by atoms with Crippen molar-refractivity contribution in [2.75, 3.05) is 7.11 Å². The van der Waals surface area contributed by atoms with Crippen molar-refractivity contribution < 1.29 is 38.9 Å². The quantitative estimate of drug-likeness (QED) is 0.429. The molecule has 2 aromatic rings. The van der Waals surface area contributed by atoms with Crippen molar-refractivity contribution in [2.24, 2.45) is 0 Å². The molecule has 0 spiro atoms. The summed E-state index contributed by atoms with van der Waals surface area (Å²) in [6.07, 6.45) is -0.285. The van der Waals surface area contributed by atoms with E-state index < -0.39 is 36.1 Å². The third-order valence-corrected chi connectivity index (χ3v) is 4.20. The summed E-state index contributed by atoms with van der Waals surface area (Å²) in [6.45, 7) is 0.000613. The van der Waals surface area contributed by atoms with Crippen molar-refractivity contribution >= 4 is 24.0 Å². The summed E-state index contributed by atoms with van der Waals surface area (Å²) in [4.78, 5) is 46.2. The highest BCUT2D eigenvalue weighted by molar-refractivity contribution is 5.81. The normalized spacial score (nSPS) is 12.4. The van der Waals surface area contributed by atoms with E-state index in [-0.39, 0.29) is 31.6 Å². The average Bonchev–Trinajstić information content (AvgIpc) is 3.19. The van der Waals surface area contributed by atoms with E-state index in [0.717, 1.165) is 17.4 Å². The molecule has 1 aromatic carbocycles. The van der Waals surface area contributed by atoms with E-state index >= 15 is 0 Å². The number of hydrogen-bond acceptors (Lipinski definition) is 8. The SMILES string of the molecule is COC(=O)C(Cc1cn(C(CCC(=O)O)C(=O)O)nn1)NC(=O)OCc1ccccc1. The van der Waals surface area contributed by atoms with Crippen LogP contribution in [-0.2, 0) is 36.9 Å². The van der Waals surface area contributed by atoms with E-state index in [4.69, 9.17) is 9.84 Å². The van der Waals surface area contributed by atoms with Crippen LogP contribution < -0.4 is 5.32 Å². The van der Waals surface area contributed by atoms with E-state index in [9.17, 15) is 24.3 Å². The van der Waals surface area contributed by atoms with Gasteiger partial charge in [0.05, 0.1) is 12.8 Å². The average molecular weight is 434 g/mol. The van der Waals surface area contributed by atoms with Crippen molar-refractivity contribution in [3.8, 4) is 0 Å². The first kappa shape index (κ1) is 23.3. The molecule has 1 heterocycles. The Balaban J connectivity index is 2.02. The van der Waals surface area contributed by atoms with E-state index in [1.54, 1.807) is 24.3 Å². The Labute approximate surface area is 176 Å². The number of carboxylic acids is 2. The maximum absolute atomic E-state index is 12.1. The predicted molar refractivity (Wildman–Crippen MR) is 103 cm³/mol. The Kier molecular flexibility index (Phi) is 8.49. The van der Waals surface area contributed by atoms with E-state index in [0.29, 0.717) is 0 Å². The number of hydrogen-bond donors (Lipinski definition) is 3. The van der Waals surface area contributed by atoms with Crippen LogP contribution in [0.1, 0.15) is 30.1 Å². The number of aliphatic carboxylic acids is 2. The lowest BCUT2D eigenvalue weighted by molar-refractivity contribution is -0.144. The Morgan fingerprint density at radius 3 is 2.48 bits per heavy atom. The molecule has 0 fully saturated rings. The molecule has 0 aliphatic heterocycles. The van der Waals surface area contributed by atoms with E-state index in [1.807, 2.05) is 6.07 Å². The van der Waals surface area contributed by atoms with Gasteiger partial charge in [-0.3, -0.25) is 4.79 Å². The fourth-order valence-electron chi connectivity index (χ4n) is 2.64. The highest BCUT2D eigenvalue weighted by Gasteiger charge is 2.26. The molecule has 2 rings (SSSR count). The highest BCUT2D eigenvalue weighted by Crippen LogP contribution is 2.14. The number of alkyl carbamates (subject to hydrolysis) is 1. The highest BCUT2D eigenvalue weighted by atomic mass is 16.6. The van der Waals surface area contributed by atoms with Crippen LogP contribution in [0.15, 0.2) is 36.5 Å². The van der Waals surface area contributed by atoms with Gasteiger partial charge >= 0.3 is 24.0 Å². The van der Waals surface area contributed by atoms with Gasteiger partial charge in [-0.2, -0.15) is 0 Å². The molecule has 1 aromatic heterocycles. The molecule has 2 unspecified atom stereocenters. The summed E-state index contributed by atoms with van der Waals surface area (Å²) in [6, 6.07) is 6.55. The smallest absolute Gasteiger partial charge is 0.408 e. The van der Waals surface area contributed by atoms with Gasteiger partial charge in [-0.05, 0) is 12.0 Å². The van der Waals surface area contributed by atoms with Crippen LogP contribution >= 0.6 is 0 Å². The molecule has 0 saturated carbocycles. The minimum absolute atomic E-state index is 0.000613. The Morgan fingerprint density at radius 1 is 1.16 bits per heavy atom. The van der Waals surface area contributed by atoms with Gasteiger partial charge in [-0.15, -0.1) is 5.10 Å². The van der Waals surface area contributed by atoms with Crippen LogP contribution in [0.25, 0.3) is 0 Å². The Hall–Kier alpha value is -3.96. The number of nitrogens with zero attached hydrogens (tertiary/aromatic N) is 3. The van der Waals surface area contributed by atoms with Crippen LogP contribution in [0, 0.1) is 0 Å². The summed E-state index contributed by atoms with van der Waals surface area (Å²) < 4.78 is 10.8. The van der Waals surface area contributed by atoms with E-state index in [2.05, 4.69) is 20.4 Å². The lowest BCUT2D eigenvalue weighted by Gasteiger charge is -2.15. The third-order valence-electron chi connectivity index (χ3n) is 4.20. The fraction of sp³-hybridized carbons (Fsp3) is 0.368. The number of ether oxygens (including phenoxy) is 2. The zero-order valence-corrected chi connectivity index (χ0v) is 16.6. The molecule has 0 radical (unpaired) electrons. The van der Waals surface area contributed by atoms with Gasteiger partial charge in [0.25, 0.3) is 0 Å². The second-order valence-corrected chi connectivity index (χ2v) is 6.46. The number of benzene rings is 1. The van der Waals surface area contributed by atoms with Gasteiger partial charge in [0.15, 0.2) is 6.04 Å². The van der Waals surface area contributed by atoms with Crippen molar-refractivity contribution in [1.82, 2.24) is 20.3 Å². The molecule has 31 heavy (non-hydrogen) atoms. The number of carbonyl (C=O) groups is 4. The second kappa shape index (κ2) is 11.3. The van der Waals surface area contributed by atoms with Crippen LogP contribution in [0.4, 0.5) is 4.79 Å². The minimum atomic E-state index is -1.27. The van der Waals surface area contributed by atoms with Gasteiger partial charge in [-0.1, -0.05) is 35.5 Å². The molecule has 3 N–H and O–H groups in total. The maximum Gasteiger partial charge on any atom is 0.408 e. The first-order valence-electron chi connectivity index (χ1n) is 9.20. The molecule has 166 valence electrons. The van der Waals surface area contributed by atoms with Crippen molar-refractivity contribution in [1.29, 1.82) is 0 Å². The second-order valence-electron chi connectivity index (χ2n) is 6.46. The number of amides is 1. The topological polar surface area (TPSA) is 170 Å². The van der Waals surface area contributed by atoms with Gasteiger partial charge < -0.3 is 25.0 Å². The summed E-state index contributed by atoms with van der Waals surface area (Å²) in [5.74, 6) is -3.17. The minimum Gasteiger partial charge on any atom is -0.481 e. The number of aromatic nitrogens is 3. The van der Waals surface area contributed by atoms with Crippen LogP contribution in [0.3, 0.4) is 0 Å². The molecule has 2 atom stereocenters. The van der Waals surface area contributed by atoms with Gasteiger partial charge in [-0.25, -0.2) is 19.1 Å². The maximum atomic E-state index is 12.1. The zero-order valence-electron chi connectivity index (χ0n) is 16.6. The third kappa shape index (κ3) is 7.42. The molecule has 1 amide bonds. The zero-order chi connectivity index (χ0) is 22.8. The number of carbonyl (C=O) groups excluding carboxylic acids is 2. The molecule has 0 aliphatic rings. The lowest BCUT2D eigenvalue weighted by atomic mass is 10.1. The van der Waals surface area contributed by atoms with Crippen molar-refractivity contribution in [2.45, 2.75) is 38.0 Å². The summed E-state index contributed by atoms with van der Waals surface area (Å²) >= 11 is 0. The summed E-state index contributed by atoms with van der Waals surface area (Å²) in [5, 5.41) is 28.0. The monoisotopic (exact) mass is 434 g/mol. The Morgan fingerprint density at radius 2 is 1.87 bits per heavy atom. The summed E-state index contributed by atoms with van der Waals surface area (Å²) in [5.41, 5.74) is 0.955. The molecule has 12 nitrogen and oxygen atoms in total. The fourth-order valence-corrected chi connectivity index (χ4v) is 2.64. The Bertz CT molecular complexity index is 915. The molecule has 0 aliphatic carbocycles. The number of methoxy groups -OCH3 is 1. The van der Waals surface area contributed by atoms with Gasteiger partial charge in [0, 0.05) is 19.0 Å². The predicted octanol–water partition coefficient (Wildman–Crippen LogP) is 0.779. The van der Waals surface area contributed by atoms with Crippen LogP contribution in [-0.4, -0.2) is 62.4 Å². The molecule has 0 bridgehead atoms. The van der Waals surface area contributed by atoms with Crippen LogP contribution in [0.2, 0.25) is 0 Å². The molecule has 0 saturated heterocycles. The first-order chi connectivity index (χ1) is 14.8. The number of esters is 1. The largest absolute Gasteiger partial charge is 0.481 e. The molecule has 12 heteroatoms. The van der Waals surface area contributed by atoms with Crippen molar-refractivity contribution in [3.05, 3.63) is 47.8 Å². The van der Waals surface area contributed by atoms with Gasteiger partial charge in [0.2, 0.25) is 0 Å². The molecular weight excluding hydrogens is 412 g/mol. The number of rotatable bonds is 11. The first-order valence-corrected chi connectivity index (χ1v) is 9.20. The molecular formula is C19H22N4O8. The van der Waals surface area contributed by atoms with Crippen molar-refractivity contribution in [3.63, 3.8) is 0 Å².